The van der Waals surface area contributed by atoms with Gasteiger partial charge in [-0.05, 0) is 246 Å². The van der Waals surface area contributed by atoms with Crippen molar-refractivity contribution in [2.45, 2.75) is 162 Å². The molecular weight excluding hydrogens is 1470 g/mol. The number of hydrogen-bond acceptors (Lipinski definition) is 11. The third-order valence-corrected chi connectivity index (χ3v) is 22.5. The van der Waals surface area contributed by atoms with Crippen molar-refractivity contribution in [3.63, 3.8) is 0 Å². The molecule has 9 aliphatic rings. The van der Waals surface area contributed by atoms with Gasteiger partial charge in [0.1, 0.15) is 44.7 Å². The maximum Gasteiger partial charge on any atom is 0.207 e. The van der Waals surface area contributed by atoms with Crippen molar-refractivity contribution in [1.82, 2.24) is 0 Å². The Bertz CT molecular complexity index is 5260. The standard InChI is InChI=1S/C25H20F4O3.C25H28F2O3.C24H20F2O2.C18H16F2O3/c1-2-30-20-10-8-17-16-7-9-19(22(27)18(16)12-32-25(17)24(20)29)31-11-14-5-6-15(13-3-4-13)23(28)21(14)26;1-2-29-21-12-11-18-17-9-10-19(22(26)20(17)13-30-25(18)23(21)27)24(28)16-7-5-15(6-8-16)14-3-4-14;1-2-27-21-12-11-19-18-10-9-17(16-7-5-15(6-8-16)14-3-4-14)22(25)20(18)13-28-24(19)23(21)26;1-2-21-14-7-6-12-11-5-8-15(23-10-3-4-10)16(19)13(11)9-22-18(12)17(14)20/h5-10,13H,2-4,11-12H2,1H3;9-12,14-16,24,28H,2-8,13H2,1H3;5-12,14H,2-4,13H2,1H3;5-8,10H,2-4,9H2,1H3. The van der Waals surface area contributed by atoms with E-state index < -0.39 is 58.5 Å². The number of fused-ring (bicyclic) bond motifs is 12. The summed E-state index contributed by atoms with van der Waals surface area (Å²) in [5, 5.41) is 10.9. The van der Waals surface area contributed by atoms with Gasteiger partial charge in [0.25, 0.3) is 0 Å². The molecule has 4 aliphatic heterocycles. The highest BCUT2D eigenvalue weighted by Crippen LogP contribution is 2.53. The summed E-state index contributed by atoms with van der Waals surface area (Å²) in [4.78, 5) is 0. The van der Waals surface area contributed by atoms with Crippen molar-refractivity contribution in [3.8, 4) is 113 Å². The van der Waals surface area contributed by atoms with Gasteiger partial charge in [-0.25, -0.2) is 26.3 Å². The van der Waals surface area contributed by atoms with Crippen molar-refractivity contribution in [2.24, 2.45) is 17.8 Å². The lowest BCUT2D eigenvalue weighted by Gasteiger charge is -2.32. The molecule has 0 aromatic heterocycles. The molecule has 113 heavy (non-hydrogen) atoms. The molecule has 0 saturated heterocycles. The Labute approximate surface area is 648 Å². The van der Waals surface area contributed by atoms with Crippen LogP contribution in [0, 0.1) is 75.9 Å². The first-order valence-corrected chi connectivity index (χ1v) is 39.1. The number of halogens is 10. The van der Waals surface area contributed by atoms with E-state index in [1.165, 1.54) is 49.4 Å². The first kappa shape index (κ1) is 76.4. The largest absolute Gasteiger partial charge is 0.491 e. The maximum absolute atomic E-state index is 15.4. The van der Waals surface area contributed by atoms with Crippen molar-refractivity contribution >= 4 is 0 Å². The summed E-state index contributed by atoms with van der Waals surface area (Å²) in [5.74, 6) is -2.47. The molecule has 11 nitrogen and oxygen atoms in total. The molecule has 10 aromatic rings. The molecule has 0 bridgehead atoms. The molecule has 1 N–H and O–H groups in total. The van der Waals surface area contributed by atoms with Gasteiger partial charge >= 0.3 is 0 Å². The van der Waals surface area contributed by atoms with E-state index >= 15 is 13.2 Å². The normalized spacial score (nSPS) is 17.2. The van der Waals surface area contributed by atoms with E-state index in [0.29, 0.717) is 110 Å². The average molecular weight is 1560 g/mol. The van der Waals surface area contributed by atoms with Crippen LogP contribution in [0.4, 0.5) is 43.9 Å². The van der Waals surface area contributed by atoms with Gasteiger partial charge in [0, 0.05) is 61.2 Å². The summed E-state index contributed by atoms with van der Waals surface area (Å²) in [6.07, 6.45) is 12.3. The van der Waals surface area contributed by atoms with Gasteiger partial charge in [-0.15, -0.1) is 0 Å². The fourth-order valence-corrected chi connectivity index (χ4v) is 15.9. The molecule has 1 atom stereocenters. The molecule has 588 valence electrons. The molecule has 1 unspecified atom stereocenters. The summed E-state index contributed by atoms with van der Waals surface area (Å²) < 4.78 is 202. The molecule has 4 heterocycles. The lowest BCUT2D eigenvalue weighted by atomic mass is 9.76. The summed E-state index contributed by atoms with van der Waals surface area (Å²) in [6, 6.07) is 37.5. The van der Waals surface area contributed by atoms with Crippen LogP contribution < -0.4 is 47.4 Å². The quantitative estimate of drug-likeness (QED) is 0.0781. The highest BCUT2D eigenvalue weighted by molar-refractivity contribution is 5.82. The van der Waals surface area contributed by atoms with E-state index in [9.17, 15) is 35.8 Å². The zero-order chi connectivity index (χ0) is 78.5. The van der Waals surface area contributed by atoms with Crippen molar-refractivity contribution in [1.29, 1.82) is 0 Å². The van der Waals surface area contributed by atoms with E-state index in [-0.39, 0.29) is 125 Å². The Morgan fingerprint density at radius 3 is 1.12 bits per heavy atom. The summed E-state index contributed by atoms with van der Waals surface area (Å²) in [7, 11) is 0. The van der Waals surface area contributed by atoms with Crippen LogP contribution in [0.3, 0.4) is 0 Å². The van der Waals surface area contributed by atoms with Gasteiger partial charge in [0.2, 0.25) is 23.3 Å². The van der Waals surface area contributed by atoms with Gasteiger partial charge in [0.05, 0.1) is 38.6 Å². The van der Waals surface area contributed by atoms with Crippen LogP contribution in [0.1, 0.15) is 167 Å². The van der Waals surface area contributed by atoms with Gasteiger partial charge in [-0.3, -0.25) is 0 Å². The Morgan fingerprint density at radius 1 is 0.327 bits per heavy atom. The lowest BCUT2D eigenvalue weighted by molar-refractivity contribution is 0.0674. The van der Waals surface area contributed by atoms with E-state index in [1.54, 1.807) is 113 Å². The van der Waals surface area contributed by atoms with Crippen molar-refractivity contribution in [2.75, 3.05) is 26.4 Å². The third kappa shape index (κ3) is 15.4. The second-order valence-corrected chi connectivity index (χ2v) is 29.8. The molecule has 5 fully saturated rings. The monoisotopic (exact) mass is 1550 g/mol. The summed E-state index contributed by atoms with van der Waals surface area (Å²) >= 11 is 0. The minimum Gasteiger partial charge on any atom is -0.491 e. The topological polar surface area (TPSA) is 113 Å². The molecule has 0 amide bonds. The smallest absolute Gasteiger partial charge is 0.207 e. The van der Waals surface area contributed by atoms with Gasteiger partial charge < -0.3 is 52.5 Å². The number of hydrogen-bond donors (Lipinski definition) is 1. The number of aliphatic hydroxyl groups is 1. The predicted octanol–water partition coefficient (Wildman–Crippen LogP) is 23.8. The molecule has 5 saturated carbocycles. The Balaban J connectivity index is 0.000000114. The van der Waals surface area contributed by atoms with Crippen LogP contribution in [0.15, 0.2) is 133 Å². The summed E-state index contributed by atoms with van der Waals surface area (Å²) in [5.41, 5.74) is 9.26. The zero-order valence-corrected chi connectivity index (χ0v) is 62.9. The SMILES string of the molecule is CCOc1ccc2c(c1F)OCc1c-2ccc(-c2ccc(C3CC3)cc2)c1F.CCOc1ccc2c(c1F)OCc1c-2ccc(C(O)C2CCC(C3CC3)CC2)c1F.CCOc1ccc2c(c1F)OCc1c-2ccc(OC2CC2)c1F.CCOc1ccc2c(c1F)OCc1c-2ccc(OCc2ccc(C3CC3)c(F)c2F)c1F. The minimum absolute atomic E-state index is 0.00446. The van der Waals surface area contributed by atoms with Gasteiger partial charge in [0.15, 0.2) is 80.8 Å². The first-order chi connectivity index (χ1) is 54.9. The van der Waals surface area contributed by atoms with Crippen molar-refractivity contribution in [3.05, 3.63) is 236 Å². The number of aliphatic hydroxyl groups excluding tert-OH is 1. The second kappa shape index (κ2) is 32.5. The number of ether oxygens (including phenoxy) is 10. The highest BCUT2D eigenvalue weighted by Gasteiger charge is 2.39. The summed E-state index contributed by atoms with van der Waals surface area (Å²) in [6.45, 7) is 7.88. The van der Waals surface area contributed by atoms with Gasteiger partial charge in [-0.1, -0.05) is 60.7 Å². The van der Waals surface area contributed by atoms with E-state index in [4.69, 9.17) is 47.4 Å². The molecule has 10 aromatic carbocycles. The van der Waals surface area contributed by atoms with Gasteiger partial charge in [-0.2, -0.15) is 17.6 Å². The molecule has 0 spiro atoms. The molecule has 21 heteroatoms. The van der Waals surface area contributed by atoms with Crippen molar-refractivity contribution < 1.29 is 96.4 Å². The van der Waals surface area contributed by atoms with Crippen LogP contribution >= 0.6 is 0 Å². The predicted molar refractivity (Wildman–Crippen MR) is 406 cm³/mol. The molecule has 19 rings (SSSR count). The lowest BCUT2D eigenvalue weighted by Crippen LogP contribution is -2.23. The number of benzene rings is 10. The van der Waals surface area contributed by atoms with Crippen LogP contribution in [0.25, 0.3) is 55.6 Å². The average Bonchev–Trinajstić information content (AvgIpc) is 1.77. The zero-order valence-electron chi connectivity index (χ0n) is 62.9. The number of rotatable bonds is 19. The maximum atomic E-state index is 15.4. The third-order valence-electron chi connectivity index (χ3n) is 22.5. The molecule has 5 aliphatic carbocycles. The second-order valence-electron chi connectivity index (χ2n) is 29.8. The fourth-order valence-electron chi connectivity index (χ4n) is 15.9. The first-order valence-electron chi connectivity index (χ1n) is 39.1. The fraction of sp³-hybridized carbons (Fsp3) is 0.348. The van der Waals surface area contributed by atoms with E-state index in [1.807, 2.05) is 18.2 Å². The Kier molecular flexibility index (Phi) is 22.0. The Morgan fingerprint density at radius 2 is 0.699 bits per heavy atom. The Hall–Kier alpha value is -10.5. The van der Waals surface area contributed by atoms with E-state index in [0.717, 1.165) is 68.8 Å². The minimum atomic E-state index is -0.967. The highest BCUT2D eigenvalue weighted by atomic mass is 19.2. The van der Waals surface area contributed by atoms with E-state index in [2.05, 4.69) is 12.1 Å². The molecular formula is C92H84F10O11. The molecule has 0 radical (unpaired) electrons. The van der Waals surface area contributed by atoms with Crippen LogP contribution in [-0.4, -0.2) is 37.6 Å². The van der Waals surface area contributed by atoms with Crippen LogP contribution in [0.5, 0.6) is 57.5 Å². The van der Waals surface area contributed by atoms with Crippen LogP contribution in [-0.2, 0) is 33.0 Å². The van der Waals surface area contributed by atoms with Crippen LogP contribution in [0.2, 0.25) is 0 Å².